The topological polar surface area (TPSA) is 6.48 Å². The fourth-order valence-corrected chi connectivity index (χ4v) is 2.95. The van der Waals surface area contributed by atoms with Crippen LogP contribution in [0.1, 0.15) is 12.0 Å². The Labute approximate surface area is 161 Å². The fourth-order valence-electron chi connectivity index (χ4n) is 2.39. The number of allylic oxidation sites excluding steroid dienone is 3. The largest absolute Gasteiger partial charge is 0.377 e. The van der Waals surface area contributed by atoms with Crippen LogP contribution in [0.15, 0.2) is 71.9 Å². The van der Waals surface area contributed by atoms with Crippen molar-refractivity contribution in [3.05, 3.63) is 77.5 Å². The highest BCUT2D eigenvalue weighted by Crippen LogP contribution is 2.25. The maximum absolute atomic E-state index is 5.35. The van der Waals surface area contributed by atoms with Crippen LogP contribution in [0.4, 0.5) is 5.69 Å². The van der Waals surface area contributed by atoms with Crippen LogP contribution in [0.2, 0.25) is 0 Å². The molecule has 2 nitrogen and oxygen atoms in total. The molecule has 0 N–H and O–H groups in total. The lowest BCUT2D eigenvalue weighted by Crippen LogP contribution is -2.23. The van der Waals surface area contributed by atoms with E-state index in [2.05, 4.69) is 70.3 Å². The fraction of sp³-hybridized carbons (Fsp3) is 0.273. The first kappa shape index (κ1) is 20.9. The minimum Gasteiger partial charge on any atom is -0.377 e. The average Bonchev–Trinajstić information content (AvgIpc) is 2.58. The number of nitrogens with zero attached hydrogens (tertiary/aromatic N) is 2. The van der Waals surface area contributed by atoms with E-state index in [-0.39, 0.29) is 0 Å². The molecule has 0 aliphatic carbocycles. The van der Waals surface area contributed by atoms with Gasteiger partial charge in [-0.25, -0.2) is 0 Å². The molecular formula is C22H27BrN2. The van der Waals surface area contributed by atoms with Crippen LogP contribution in [0.3, 0.4) is 0 Å². The summed E-state index contributed by atoms with van der Waals surface area (Å²) in [4.78, 5) is 4.23. The van der Waals surface area contributed by atoms with Crippen molar-refractivity contribution in [3.8, 4) is 12.3 Å². The smallest absolute Gasteiger partial charge is 0.0442 e. The monoisotopic (exact) mass is 398 g/mol. The summed E-state index contributed by atoms with van der Waals surface area (Å²) >= 11 is 3.70. The van der Waals surface area contributed by atoms with Crippen molar-refractivity contribution in [2.24, 2.45) is 0 Å². The lowest BCUT2D eigenvalue weighted by atomic mass is 10.1. The Balaban J connectivity index is 2.75. The van der Waals surface area contributed by atoms with Gasteiger partial charge >= 0.3 is 0 Å². The van der Waals surface area contributed by atoms with E-state index in [1.807, 2.05) is 31.1 Å². The molecule has 0 spiro atoms. The van der Waals surface area contributed by atoms with E-state index in [1.54, 1.807) is 6.08 Å². The summed E-state index contributed by atoms with van der Waals surface area (Å²) in [7, 11) is 3.97. The highest BCUT2D eigenvalue weighted by Gasteiger charge is 2.06. The molecule has 0 fully saturated rings. The molecule has 0 aliphatic heterocycles. The van der Waals surface area contributed by atoms with Gasteiger partial charge in [-0.05, 0) is 36.6 Å². The summed E-state index contributed by atoms with van der Waals surface area (Å²) in [6, 6.07) is 6.49. The van der Waals surface area contributed by atoms with E-state index in [0.717, 1.165) is 41.8 Å². The van der Waals surface area contributed by atoms with E-state index >= 15 is 0 Å². The lowest BCUT2D eigenvalue weighted by molar-refractivity contribution is 0.530. The normalized spacial score (nSPS) is 11.2. The SMILES string of the molecule is C#C/C=C(\C=C/CCc1ccc(N(CC=C)CC=C)cc1Br)N(C)C. The van der Waals surface area contributed by atoms with Gasteiger partial charge in [0.1, 0.15) is 0 Å². The van der Waals surface area contributed by atoms with Gasteiger partial charge < -0.3 is 9.80 Å². The van der Waals surface area contributed by atoms with Crippen LogP contribution in [0.5, 0.6) is 0 Å². The van der Waals surface area contributed by atoms with Gasteiger partial charge in [-0.1, -0.05) is 46.1 Å². The molecule has 0 atom stereocenters. The zero-order valence-electron chi connectivity index (χ0n) is 15.2. The van der Waals surface area contributed by atoms with Crippen LogP contribution in [-0.2, 0) is 6.42 Å². The second-order valence-corrected chi connectivity index (χ2v) is 6.68. The third-order valence-corrected chi connectivity index (χ3v) is 4.46. The van der Waals surface area contributed by atoms with Gasteiger partial charge in [0.2, 0.25) is 0 Å². The van der Waals surface area contributed by atoms with E-state index < -0.39 is 0 Å². The van der Waals surface area contributed by atoms with E-state index in [4.69, 9.17) is 6.42 Å². The maximum atomic E-state index is 5.35. The number of halogens is 1. The number of anilines is 1. The highest BCUT2D eigenvalue weighted by molar-refractivity contribution is 9.10. The molecule has 1 rings (SSSR count). The molecule has 132 valence electrons. The zero-order chi connectivity index (χ0) is 18.7. The summed E-state index contributed by atoms with van der Waals surface area (Å²) in [6.07, 6.45) is 17.1. The number of hydrogen-bond acceptors (Lipinski definition) is 2. The molecule has 0 bridgehead atoms. The standard InChI is InChI=1S/C22H27BrN2/c1-6-11-20(24(4)5)13-10-9-12-19-14-15-21(18-22(19)23)25(16-7-2)17-8-3/h1,7-8,10-11,13-15,18H,2-3,9,12,16-17H2,4-5H3/b13-10-,20-11+. The van der Waals surface area contributed by atoms with Crippen LogP contribution in [0, 0.1) is 12.3 Å². The predicted octanol–water partition coefficient (Wildman–Crippen LogP) is 5.20. The molecule has 1 aromatic rings. The van der Waals surface area contributed by atoms with E-state index in [9.17, 15) is 0 Å². The first-order valence-corrected chi connectivity index (χ1v) is 9.08. The van der Waals surface area contributed by atoms with Crippen molar-refractivity contribution in [2.75, 3.05) is 32.1 Å². The third-order valence-electron chi connectivity index (χ3n) is 3.72. The van der Waals surface area contributed by atoms with Crippen LogP contribution >= 0.6 is 15.9 Å². The van der Waals surface area contributed by atoms with Crippen LogP contribution in [-0.4, -0.2) is 32.1 Å². The Morgan fingerprint density at radius 1 is 1.24 bits per heavy atom. The Hall–Kier alpha value is -2.18. The average molecular weight is 399 g/mol. The van der Waals surface area contributed by atoms with E-state index in [1.165, 1.54) is 5.56 Å². The summed E-state index contributed by atoms with van der Waals surface area (Å²) < 4.78 is 1.13. The summed E-state index contributed by atoms with van der Waals surface area (Å²) in [5.74, 6) is 2.57. The van der Waals surface area contributed by atoms with Gasteiger partial charge in [-0.3, -0.25) is 0 Å². The van der Waals surface area contributed by atoms with Crippen LogP contribution < -0.4 is 4.90 Å². The minimum absolute atomic E-state index is 0.801. The molecular weight excluding hydrogens is 372 g/mol. The van der Waals surface area contributed by atoms with Gasteiger partial charge in [0, 0.05) is 49.1 Å². The second-order valence-electron chi connectivity index (χ2n) is 5.83. The first-order chi connectivity index (χ1) is 12.0. The van der Waals surface area contributed by atoms with Gasteiger partial charge in [-0.2, -0.15) is 0 Å². The Morgan fingerprint density at radius 3 is 2.44 bits per heavy atom. The lowest BCUT2D eigenvalue weighted by Gasteiger charge is -2.22. The number of terminal acetylenes is 1. The van der Waals surface area contributed by atoms with Gasteiger partial charge in [0.25, 0.3) is 0 Å². The van der Waals surface area contributed by atoms with Crippen molar-refractivity contribution in [3.63, 3.8) is 0 Å². The first-order valence-electron chi connectivity index (χ1n) is 8.28. The van der Waals surface area contributed by atoms with Crippen molar-refractivity contribution >= 4 is 21.6 Å². The van der Waals surface area contributed by atoms with Crippen LogP contribution in [0.25, 0.3) is 0 Å². The van der Waals surface area contributed by atoms with Crippen molar-refractivity contribution < 1.29 is 0 Å². The Bertz CT molecular complexity index is 668. The van der Waals surface area contributed by atoms with Crippen molar-refractivity contribution in [2.45, 2.75) is 12.8 Å². The number of rotatable bonds is 10. The molecule has 0 saturated carbocycles. The summed E-state index contributed by atoms with van der Waals surface area (Å²) in [5.41, 5.74) is 3.48. The molecule has 0 aliphatic rings. The predicted molar refractivity (Wildman–Crippen MR) is 115 cm³/mol. The van der Waals surface area contributed by atoms with Crippen molar-refractivity contribution in [1.29, 1.82) is 0 Å². The van der Waals surface area contributed by atoms with Gasteiger partial charge in [-0.15, -0.1) is 19.6 Å². The molecule has 0 radical (unpaired) electrons. The molecule has 0 aromatic heterocycles. The zero-order valence-corrected chi connectivity index (χ0v) is 16.8. The molecule has 1 aromatic carbocycles. The molecule has 3 heteroatoms. The van der Waals surface area contributed by atoms with Crippen molar-refractivity contribution in [1.82, 2.24) is 4.90 Å². The second kappa shape index (κ2) is 11.4. The van der Waals surface area contributed by atoms with Gasteiger partial charge in [0.15, 0.2) is 0 Å². The number of hydrogen-bond donors (Lipinski definition) is 0. The Morgan fingerprint density at radius 2 is 1.92 bits per heavy atom. The highest BCUT2D eigenvalue weighted by atomic mass is 79.9. The van der Waals surface area contributed by atoms with Gasteiger partial charge in [0.05, 0.1) is 0 Å². The quantitative estimate of drug-likeness (QED) is 0.303. The summed E-state index contributed by atoms with van der Waals surface area (Å²) in [5, 5.41) is 0. The molecule has 25 heavy (non-hydrogen) atoms. The molecule has 0 heterocycles. The Kier molecular flexibility index (Phi) is 9.50. The number of benzene rings is 1. The minimum atomic E-state index is 0.801. The molecule has 0 amide bonds. The molecule has 0 saturated heterocycles. The third kappa shape index (κ3) is 7.07. The number of likely N-dealkylation sites (N-methyl/N-ethyl adjacent to an activating group) is 1. The summed E-state index contributed by atoms with van der Waals surface area (Å²) in [6.45, 7) is 9.25. The number of aryl methyl sites for hydroxylation is 1. The van der Waals surface area contributed by atoms with E-state index in [0.29, 0.717) is 0 Å². The molecule has 0 unspecified atom stereocenters. The maximum Gasteiger partial charge on any atom is 0.0442 e.